The molecule has 35 heavy (non-hydrogen) atoms. The Morgan fingerprint density at radius 3 is 2.03 bits per heavy atom. The highest BCUT2D eigenvalue weighted by molar-refractivity contribution is 6.31. The van der Waals surface area contributed by atoms with Crippen LogP contribution in [0.2, 0.25) is 5.02 Å². The molecule has 0 saturated heterocycles. The second-order valence-electron chi connectivity index (χ2n) is 7.84. The van der Waals surface area contributed by atoms with Crippen molar-refractivity contribution >= 4 is 34.8 Å². The first-order valence-corrected chi connectivity index (χ1v) is 11.8. The summed E-state index contributed by atoms with van der Waals surface area (Å²) in [5.74, 6) is 0.373. The van der Waals surface area contributed by atoms with Gasteiger partial charge in [0.15, 0.2) is 0 Å². The molecule has 3 aromatic rings. The molecule has 3 aromatic carbocycles. The van der Waals surface area contributed by atoms with Gasteiger partial charge in [0.2, 0.25) is 5.91 Å². The highest BCUT2D eigenvalue weighted by Gasteiger charge is 2.18. The number of amides is 2. The average Bonchev–Trinajstić information content (AvgIpc) is 2.83. The first kappa shape index (κ1) is 26.1. The molecule has 0 radical (unpaired) electrons. The number of anilines is 2. The van der Waals surface area contributed by atoms with Gasteiger partial charge in [0, 0.05) is 29.3 Å². The van der Waals surface area contributed by atoms with Gasteiger partial charge in [-0.3, -0.25) is 14.5 Å². The lowest BCUT2D eigenvalue weighted by molar-refractivity contribution is -0.117. The molecule has 7 nitrogen and oxygen atoms in total. The molecule has 0 aliphatic carbocycles. The van der Waals surface area contributed by atoms with Crippen molar-refractivity contribution in [1.29, 1.82) is 0 Å². The van der Waals surface area contributed by atoms with Crippen LogP contribution in [0.1, 0.15) is 29.8 Å². The Balaban J connectivity index is 1.77. The number of carbonyl (C=O) groups is 2. The van der Waals surface area contributed by atoms with Crippen molar-refractivity contribution in [3.05, 3.63) is 82.9 Å². The van der Waals surface area contributed by atoms with E-state index in [0.717, 1.165) is 5.56 Å². The SMILES string of the molecule is CCOc1cc(NC(=O)c2ccccc2)c(OCC)cc1NC(=O)CN(C)Cc1ccccc1Cl. The molecule has 0 bridgehead atoms. The van der Waals surface area contributed by atoms with Crippen LogP contribution in [-0.4, -0.2) is 43.5 Å². The van der Waals surface area contributed by atoms with Gasteiger partial charge in [0.05, 0.1) is 31.1 Å². The quantitative estimate of drug-likeness (QED) is 0.369. The minimum absolute atomic E-state index is 0.146. The molecule has 184 valence electrons. The number of nitrogens with one attached hydrogen (secondary N) is 2. The van der Waals surface area contributed by atoms with Gasteiger partial charge in [0.1, 0.15) is 11.5 Å². The number of carbonyl (C=O) groups excluding carboxylic acids is 2. The van der Waals surface area contributed by atoms with Crippen molar-refractivity contribution in [2.75, 3.05) is 37.4 Å². The van der Waals surface area contributed by atoms with Crippen molar-refractivity contribution in [3.8, 4) is 11.5 Å². The van der Waals surface area contributed by atoms with E-state index in [1.807, 2.05) is 56.1 Å². The summed E-state index contributed by atoms with van der Waals surface area (Å²) < 4.78 is 11.5. The third-order valence-electron chi connectivity index (χ3n) is 5.05. The third kappa shape index (κ3) is 7.47. The number of benzene rings is 3. The Labute approximate surface area is 211 Å². The van der Waals surface area contributed by atoms with Crippen molar-refractivity contribution < 1.29 is 19.1 Å². The molecule has 2 amide bonds. The maximum absolute atomic E-state index is 12.8. The zero-order valence-corrected chi connectivity index (χ0v) is 20.9. The van der Waals surface area contributed by atoms with E-state index in [1.165, 1.54) is 0 Å². The summed E-state index contributed by atoms with van der Waals surface area (Å²) in [6.45, 7) is 5.14. The fourth-order valence-electron chi connectivity index (χ4n) is 3.50. The summed E-state index contributed by atoms with van der Waals surface area (Å²) in [6.07, 6.45) is 0. The van der Waals surface area contributed by atoms with Gasteiger partial charge in [-0.15, -0.1) is 0 Å². The van der Waals surface area contributed by atoms with Gasteiger partial charge in [0.25, 0.3) is 5.91 Å². The van der Waals surface area contributed by atoms with E-state index in [0.29, 0.717) is 53.2 Å². The number of hydrogen-bond donors (Lipinski definition) is 2. The average molecular weight is 496 g/mol. The molecule has 0 saturated carbocycles. The largest absolute Gasteiger partial charge is 0.492 e. The lowest BCUT2D eigenvalue weighted by Crippen LogP contribution is -2.30. The Kier molecular flexibility index (Phi) is 9.52. The summed E-state index contributed by atoms with van der Waals surface area (Å²) in [5, 5.41) is 6.44. The number of hydrogen-bond acceptors (Lipinski definition) is 5. The van der Waals surface area contributed by atoms with Crippen LogP contribution in [0.15, 0.2) is 66.7 Å². The molecule has 0 aliphatic rings. The molecular weight excluding hydrogens is 466 g/mol. The lowest BCUT2D eigenvalue weighted by Gasteiger charge is -2.20. The van der Waals surface area contributed by atoms with E-state index in [-0.39, 0.29) is 18.4 Å². The van der Waals surface area contributed by atoms with E-state index in [1.54, 1.807) is 36.4 Å². The first-order valence-electron chi connectivity index (χ1n) is 11.4. The zero-order chi connectivity index (χ0) is 25.2. The molecule has 2 N–H and O–H groups in total. The number of halogens is 1. The summed E-state index contributed by atoms with van der Waals surface area (Å²) in [7, 11) is 1.85. The van der Waals surface area contributed by atoms with Crippen LogP contribution >= 0.6 is 11.6 Å². The minimum Gasteiger partial charge on any atom is -0.492 e. The molecule has 0 aliphatic heterocycles. The van der Waals surface area contributed by atoms with E-state index in [4.69, 9.17) is 21.1 Å². The molecule has 0 aromatic heterocycles. The zero-order valence-electron chi connectivity index (χ0n) is 20.1. The normalized spacial score (nSPS) is 10.7. The van der Waals surface area contributed by atoms with Crippen molar-refractivity contribution in [3.63, 3.8) is 0 Å². The molecule has 8 heteroatoms. The van der Waals surface area contributed by atoms with Crippen LogP contribution in [0.5, 0.6) is 11.5 Å². The van der Waals surface area contributed by atoms with E-state index in [9.17, 15) is 9.59 Å². The van der Waals surface area contributed by atoms with Gasteiger partial charge in [-0.05, 0) is 44.7 Å². The van der Waals surface area contributed by atoms with Crippen molar-refractivity contribution in [2.45, 2.75) is 20.4 Å². The molecule has 0 unspecified atom stereocenters. The summed E-state index contributed by atoms with van der Waals surface area (Å²) in [4.78, 5) is 27.4. The van der Waals surface area contributed by atoms with Crippen LogP contribution in [-0.2, 0) is 11.3 Å². The molecule has 0 spiro atoms. The standard InChI is InChI=1S/C27H30ClN3O4/c1-4-34-24-16-23(30-27(33)19-11-7-6-8-12-19)25(35-5-2)15-22(24)29-26(32)18-31(3)17-20-13-9-10-14-21(20)28/h6-16H,4-5,17-18H2,1-3H3,(H,29,32)(H,30,33). The summed E-state index contributed by atoms with van der Waals surface area (Å²) >= 11 is 6.24. The van der Waals surface area contributed by atoms with Crippen LogP contribution in [0.4, 0.5) is 11.4 Å². The van der Waals surface area contributed by atoms with Crippen LogP contribution < -0.4 is 20.1 Å². The molecule has 0 heterocycles. The Morgan fingerprint density at radius 2 is 1.43 bits per heavy atom. The topological polar surface area (TPSA) is 79.9 Å². The first-order chi connectivity index (χ1) is 16.9. The molecule has 0 fully saturated rings. The number of ether oxygens (including phenoxy) is 2. The van der Waals surface area contributed by atoms with E-state index in [2.05, 4.69) is 10.6 Å². The molecular formula is C27H30ClN3O4. The third-order valence-corrected chi connectivity index (χ3v) is 5.42. The van der Waals surface area contributed by atoms with Crippen LogP contribution in [0.3, 0.4) is 0 Å². The highest BCUT2D eigenvalue weighted by Crippen LogP contribution is 2.37. The van der Waals surface area contributed by atoms with Crippen LogP contribution in [0, 0.1) is 0 Å². The maximum Gasteiger partial charge on any atom is 0.255 e. The van der Waals surface area contributed by atoms with Gasteiger partial charge < -0.3 is 20.1 Å². The minimum atomic E-state index is -0.271. The fraction of sp³-hybridized carbons (Fsp3) is 0.259. The smallest absolute Gasteiger partial charge is 0.255 e. The second-order valence-corrected chi connectivity index (χ2v) is 8.25. The Hall–Kier alpha value is -3.55. The van der Waals surface area contributed by atoms with Gasteiger partial charge in [-0.1, -0.05) is 48.0 Å². The highest BCUT2D eigenvalue weighted by atomic mass is 35.5. The van der Waals surface area contributed by atoms with Gasteiger partial charge in [-0.25, -0.2) is 0 Å². The maximum atomic E-state index is 12.8. The van der Waals surface area contributed by atoms with Crippen LogP contribution in [0.25, 0.3) is 0 Å². The molecule has 3 rings (SSSR count). The fourth-order valence-corrected chi connectivity index (χ4v) is 3.69. The Bertz CT molecular complexity index is 1150. The lowest BCUT2D eigenvalue weighted by atomic mass is 10.2. The van der Waals surface area contributed by atoms with Crippen molar-refractivity contribution in [2.24, 2.45) is 0 Å². The second kappa shape index (κ2) is 12.8. The molecule has 0 atom stereocenters. The number of nitrogens with zero attached hydrogens (tertiary/aromatic N) is 1. The summed E-state index contributed by atoms with van der Waals surface area (Å²) in [5.41, 5.74) is 2.38. The monoisotopic (exact) mass is 495 g/mol. The van der Waals surface area contributed by atoms with E-state index < -0.39 is 0 Å². The van der Waals surface area contributed by atoms with Gasteiger partial charge >= 0.3 is 0 Å². The summed E-state index contributed by atoms with van der Waals surface area (Å²) in [6, 6.07) is 19.8. The van der Waals surface area contributed by atoms with Crippen molar-refractivity contribution in [1.82, 2.24) is 4.90 Å². The Morgan fingerprint density at radius 1 is 0.857 bits per heavy atom. The van der Waals surface area contributed by atoms with Gasteiger partial charge in [-0.2, -0.15) is 0 Å². The number of rotatable bonds is 11. The predicted octanol–water partition coefficient (Wildman–Crippen LogP) is 5.46. The van der Waals surface area contributed by atoms with E-state index >= 15 is 0 Å². The predicted molar refractivity (Wildman–Crippen MR) is 140 cm³/mol. The number of likely N-dealkylation sites (N-methyl/N-ethyl adjacent to an activating group) is 1.